The van der Waals surface area contributed by atoms with Gasteiger partial charge < -0.3 is 14.9 Å². The van der Waals surface area contributed by atoms with Crippen molar-refractivity contribution in [3.63, 3.8) is 0 Å². The van der Waals surface area contributed by atoms with Crippen molar-refractivity contribution in [2.24, 2.45) is 0 Å². The van der Waals surface area contributed by atoms with Gasteiger partial charge in [-0.25, -0.2) is 9.59 Å². The number of rotatable bonds is 12. The van der Waals surface area contributed by atoms with E-state index in [1.54, 1.807) is 18.4 Å². The summed E-state index contributed by atoms with van der Waals surface area (Å²) >= 11 is 0. The molecular weight excluding hydrogens is 416 g/mol. The first-order valence-corrected chi connectivity index (χ1v) is 11.0. The zero-order chi connectivity index (χ0) is 24.1. The first kappa shape index (κ1) is 25.4. The molecule has 0 amide bonds. The van der Waals surface area contributed by atoms with Crippen molar-refractivity contribution in [1.82, 2.24) is 0 Å². The molecule has 0 atom stereocenters. The van der Waals surface area contributed by atoms with E-state index in [9.17, 15) is 9.59 Å². The molecule has 172 valence electrons. The fourth-order valence-electron chi connectivity index (χ4n) is 3.43. The molecule has 0 bridgehead atoms. The Balaban J connectivity index is 2.44. The van der Waals surface area contributed by atoms with Gasteiger partial charge in [0.15, 0.2) is 0 Å². The molecule has 0 aliphatic heterocycles. The smallest absolute Gasteiger partial charge is 0.328 e. The predicted molar refractivity (Wildman–Crippen MR) is 133 cm³/mol. The minimum atomic E-state index is -1.00. The Morgan fingerprint density at radius 1 is 0.758 bits per heavy atom. The number of carboxylic acid groups (broad SMARTS) is 2. The molecule has 0 aliphatic rings. The van der Waals surface area contributed by atoms with Crippen LogP contribution >= 0.6 is 0 Å². The summed E-state index contributed by atoms with van der Waals surface area (Å²) in [5.74, 6) is -1.15. The van der Waals surface area contributed by atoms with Crippen molar-refractivity contribution >= 4 is 35.7 Å². The van der Waals surface area contributed by atoms with E-state index in [0.717, 1.165) is 71.4 Å². The van der Waals surface area contributed by atoms with Gasteiger partial charge in [0.05, 0.1) is 6.26 Å². The molecule has 0 saturated carbocycles. The number of allylic oxidation sites excluding steroid dienone is 2. The van der Waals surface area contributed by atoms with Gasteiger partial charge in [-0.05, 0) is 58.9 Å². The lowest BCUT2D eigenvalue weighted by Crippen LogP contribution is -1.98. The second-order valence-electron chi connectivity index (χ2n) is 7.38. The largest absolute Gasteiger partial charge is 0.478 e. The lowest BCUT2D eigenvalue weighted by atomic mass is 9.94. The summed E-state index contributed by atoms with van der Waals surface area (Å²) < 4.78 is 6.14. The number of aliphatic carboxylic acids is 2. The fourth-order valence-corrected chi connectivity index (χ4v) is 3.43. The number of benzene rings is 2. The molecule has 2 aromatic rings. The van der Waals surface area contributed by atoms with Crippen LogP contribution in [-0.2, 0) is 14.3 Å². The summed E-state index contributed by atoms with van der Waals surface area (Å²) in [5.41, 5.74) is 4.45. The van der Waals surface area contributed by atoms with Crippen LogP contribution in [0.15, 0.2) is 72.7 Å². The molecule has 5 nitrogen and oxygen atoms in total. The van der Waals surface area contributed by atoms with E-state index in [2.05, 4.69) is 13.8 Å². The Kier molecular flexibility index (Phi) is 10.4. The average Bonchev–Trinajstić information content (AvgIpc) is 2.80. The Bertz CT molecular complexity index is 1070. The molecule has 0 unspecified atom stereocenters. The summed E-state index contributed by atoms with van der Waals surface area (Å²) in [7, 11) is 0. The van der Waals surface area contributed by atoms with Crippen LogP contribution in [0.1, 0.15) is 61.8 Å². The zero-order valence-electron chi connectivity index (χ0n) is 19.0. The standard InChI is InChI=1S/C28H30O5/c1-3-9-25(24-14-8-7-13-23(24)16-18-28(31)32)26(10-4-2)33-20-19-22-12-6-5-11-21(22)15-17-27(29)30/h5-8,11-20H,3-4,9-10H2,1-2H3,(H,29,30)(H,31,32). The molecular formula is C28H30O5. The summed E-state index contributed by atoms with van der Waals surface area (Å²) in [4.78, 5) is 21.9. The second-order valence-corrected chi connectivity index (χ2v) is 7.38. The van der Waals surface area contributed by atoms with Crippen molar-refractivity contribution in [2.75, 3.05) is 0 Å². The van der Waals surface area contributed by atoms with Crippen LogP contribution in [0.3, 0.4) is 0 Å². The zero-order valence-corrected chi connectivity index (χ0v) is 19.0. The SMILES string of the molecule is CCCC(OC=Cc1ccccc1C=CC(=O)O)=C(CCC)c1ccccc1C=CC(=O)O. The second kappa shape index (κ2) is 13.5. The van der Waals surface area contributed by atoms with E-state index in [1.807, 2.05) is 54.6 Å². The first-order chi connectivity index (χ1) is 16.0. The highest BCUT2D eigenvalue weighted by Crippen LogP contribution is 2.31. The Morgan fingerprint density at radius 2 is 1.27 bits per heavy atom. The van der Waals surface area contributed by atoms with Crippen LogP contribution in [0.5, 0.6) is 0 Å². The van der Waals surface area contributed by atoms with Gasteiger partial charge in [-0.3, -0.25) is 0 Å². The quantitative estimate of drug-likeness (QED) is 0.274. The van der Waals surface area contributed by atoms with Gasteiger partial charge in [0, 0.05) is 18.6 Å². The van der Waals surface area contributed by atoms with Gasteiger partial charge in [-0.15, -0.1) is 0 Å². The molecule has 0 radical (unpaired) electrons. The minimum absolute atomic E-state index is 0.733. The third-order valence-electron chi connectivity index (χ3n) is 4.86. The van der Waals surface area contributed by atoms with Crippen LogP contribution in [0.4, 0.5) is 0 Å². The van der Waals surface area contributed by atoms with Crippen molar-refractivity contribution in [1.29, 1.82) is 0 Å². The van der Waals surface area contributed by atoms with Crippen molar-refractivity contribution < 1.29 is 24.5 Å². The number of hydrogen-bond acceptors (Lipinski definition) is 3. The highest BCUT2D eigenvalue weighted by Gasteiger charge is 2.13. The van der Waals surface area contributed by atoms with E-state index in [4.69, 9.17) is 14.9 Å². The predicted octanol–water partition coefficient (Wildman–Crippen LogP) is 6.88. The van der Waals surface area contributed by atoms with E-state index in [-0.39, 0.29) is 0 Å². The summed E-state index contributed by atoms with van der Waals surface area (Å²) in [6.45, 7) is 4.18. The number of hydrogen-bond donors (Lipinski definition) is 2. The topological polar surface area (TPSA) is 83.8 Å². The molecule has 2 aromatic carbocycles. The molecule has 0 fully saturated rings. The molecule has 2 rings (SSSR count). The van der Waals surface area contributed by atoms with Crippen molar-refractivity contribution in [3.8, 4) is 0 Å². The van der Waals surface area contributed by atoms with Crippen LogP contribution in [-0.4, -0.2) is 22.2 Å². The lowest BCUT2D eigenvalue weighted by molar-refractivity contribution is -0.132. The first-order valence-electron chi connectivity index (χ1n) is 11.0. The average molecular weight is 447 g/mol. The number of carboxylic acids is 2. The number of carbonyl (C=O) groups is 2. The third-order valence-corrected chi connectivity index (χ3v) is 4.86. The van der Waals surface area contributed by atoms with Gasteiger partial charge in [0.2, 0.25) is 0 Å². The molecule has 33 heavy (non-hydrogen) atoms. The maximum Gasteiger partial charge on any atom is 0.328 e. The van der Waals surface area contributed by atoms with Gasteiger partial charge in [0.25, 0.3) is 0 Å². The summed E-state index contributed by atoms with van der Waals surface area (Å²) in [6.07, 6.45) is 12.2. The van der Waals surface area contributed by atoms with E-state index < -0.39 is 11.9 Å². The van der Waals surface area contributed by atoms with Gasteiger partial charge in [-0.2, -0.15) is 0 Å². The van der Waals surface area contributed by atoms with Crippen molar-refractivity contribution in [3.05, 3.63) is 95.0 Å². The van der Waals surface area contributed by atoms with Crippen LogP contribution in [0, 0.1) is 0 Å². The van der Waals surface area contributed by atoms with Crippen LogP contribution in [0.25, 0.3) is 23.8 Å². The fraction of sp³-hybridized carbons (Fsp3) is 0.214. The van der Waals surface area contributed by atoms with E-state index in [1.165, 1.54) is 0 Å². The normalized spacial score (nSPS) is 12.4. The van der Waals surface area contributed by atoms with Gasteiger partial charge >= 0.3 is 11.9 Å². The molecule has 0 aromatic heterocycles. The van der Waals surface area contributed by atoms with E-state index >= 15 is 0 Å². The van der Waals surface area contributed by atoms with Gasteiger partial charge in [0.1, 0.15) is 5.76 Å². The van der Waals surface area contributed by atoms with Crippen LogP contribution in [0.2, 0.25) is 0 Å². The monoisotopic (exact) mass is 446 g/mol. The summed E-state index contributed by atoms with van der Waals surface area (Å²) in [5, 5.41) is 18.0. The molecule has 0 saturated heterocycles. The molecule has 0 spiro atoms. The Morgan fingerprint density at radius 3 is 1.85 bits per heavy atom. The third kappa shape index (κ3) is 8.30. The number of ether oxygens (including phenoxy) is 1. The molecule has 0 aliphatic carbocycles. The Hall–Kier alpha value is -3.86. The van der Waals surface area contributed by atoms with E-state index in [0.29, 0.717) is 0 Å². The van der Waals surface area contributed by atoms with Crippen LogP contribution < -0.4 is 0 Å². The highest BCUT2D eigenvalue weighted by molar-refractivity contribution is 5.87. The maximum atomic E-state index is 11.0. The molecule has 2 N–H and O–H groups in total. The summed E-state index contributed by atoms with van der Waals surface area (Å²) in [6, 6.07) is 15.2. The minimum Gasteiger partial charge on any atom is -0.478 e. The maximum absolute atomic E-state index is 11.0. The highest BCUT2D eigenvalue weighted by atomic mass is 16.5. The lowest BCUT2D eigenvalue weighted by Gasteiger charge is -2.16. The Labute approximate surface area is 195 Å². The van der Waals surface area contributed by atoms with Crippen molar-refractivity contribution in [2.45, 2.75) is 39.5 Å². The molecule has 5 heteroatoms. The van der Waals surface area contributed by atoms with Gasteiger partial charge in [-0.1, -0.05) is 68.8 Å². The molecule has 0 heterocycles.